The number of anilines is 1. The summed E-state index contributed by atoms with van der Waals surface area (Å²) in [7, 11) is -3.34. The van der Waals surface area contributed by atoms with Gasteiger partial charge in [0.1, 0.15) is 0 Å². The van der Waals surface area contributed by atoms with Crippen LogP contribution in [0.1, 0.15) is 19.0 Å². The van der Waals surface area contributed by atoms with Crippen molar-refractivity contribution >= 4 is 15.8 Å². The fourth-order valence-electron chi connectivity index (χ4n) is 1.17. The van der Waals surface area contributed by atoms with Crippen molar-refractivity contribution in [2.75, 3.05) is 10.5 Å². The van der Waals surface area contributed by atoms with E-state index in [1.165, 1.54) is 6.08 Å². The van der Waals surface area contributed by atoms with E-state index < -0.39 is 10.0 Å². The lowest BCUT2D eigenvalue weighted by molar-refractivity contribution is 0.604. The Kier molecular flexibility index (Phi) is 3.90. The van der Waals surface area contributed by atoms with Crippen molar-refractivity contribution < 1.29 is 8.42 Å². The summed E-state index contributed by atoms with van der Waals surface area (Å²) in [4.78, 5) is 0. The first kappa shape index (κ1) is 11.8. The normalized spacial score (nSPS) is 11.3. The van der Waals surface area contributed by atoms with Crippen LogP contribution in [0, 0.1) is 0 Å². The first-order valence-electron chi connectivity index (χ1n) is 4.73. The third-order valence-electron chi connectivity index (χ3n) is 1.75. The maximum atomic E-state index is 11.3. The lowest BCUT2D eigenvalue weighted by Crippen LogP contribution is -2.15. The summed E-state index contributed by atoms with van der Waals surface area (Å²) < 4.78 is 25.0. The summed E-state index contributed by atoms with van der Waals surface area (Å²) in [5.41, 5.74) is 0.925. The predicted molar refractivity (Wildman–Crippen MR) is 60.2 cm³/mol. The lowest BCUT2D eigenvalue weighted by Gasteiger charge is -2.00. The largest absolute Gasteiger partial charge is 0.280 e. The predicted octanol–water partition coefficient (Wildman–Crippen LogP) is 1.29. The van der Waals surface area contributed by atoms with Gasteiger partial charge in [-0.1, -0.05) is 19.4 Å². The molecule has 0 aliphatic carbocycles. The molecule has 0 atom stereocenters. The highest BCUT2D eigenvalue weighted by molar-refractivity contribution is 7.92. The molecule has 0 aromatic carbocycles. The molecule has 84 valence electrons. The van der Waals surface area contributed by atoms with Gasteiger partial charge in [0.15, 0.2) is 5.82 Å². The lowest BCUT2D eigenvalue weighted by atomic mass is 10.2. The maximum absolute atomic E-state index is 11.3. The standard InChI is InChI=1S/C9H15N3O2S/c1-3-5-8-7-9(11-10-8)12-15(13,14)6-4-2/h4,7H,2-3,5-6H2,1H3,(H2,10,11,12). The number of hydrogen-bond donors (Lipinski definition) is 2. The van der Waals surface area contributed by atoms with E-state index in [9.17, 15) is 8.42 Å². The molecule has 0 unspecified atom stereocenters. The number of aromatic amines is 1. The number of nitrogens with one attached hydrogen (secondary N) is 2. The second-order valence-corrected chi connectivity index (χ2v) is 4.97. The topological polar surface area (TPSA) is 74.8 Å². The van der Waals surface area contributed by atoms with E-state index >= 15 is 0 Å². The number of nitrogens with zero attached hydrogens (tertiary/aromatic N) is 1. The van der Waals surface area contributed by atoms with Crippen LogP contribution in [0.3, 0.4) is 0 Å². The maximum Gasteiger partial charge on any atom is 0.237 e. The zero-order valence-corrected chi connectivity index (χ0v) is 9.47. The van der Waals surface area contributed by atoms with Gasteiger partial charge in [0.25, 0.3) is 0 Å². The molecule has 15 heavy (non-hydrogen) atoms. The minimum Gasteiger partial charge on any atom is -0.280 e. The summed E-state index contributed by atoms with van der Waals surface area (Å²) in [6, 6.07) is 1.70. The van der Waals surface area contributed by atoms with Crippen LogP contribution in [0.5, 0.6) is 0 Å². The highest BCUT2D eigenvalue weighted by atomic mass is 32.2. The summed E-state index contributed by atoms with van der Waals surface area (Å²) >= 11 is 0. The molecule has 0 aliphatic rings. The molecule has 2 N–H and O–H groups in total. The Balaban J connectivity index is 2.68. The quantitative estimate of drug-likeness (QED) is 0.722. The van der Waals surface area contributed by atoms with Crippen LogP contribution in [-0.2, 0) is 16.4 Å². The number of rotatable bonds is 6. The van der Waals surface area contributed by atoms with Crippen molar-refractivity contribution in [3.05, 3.63) is 24.4 Å². The van der Waals surface area contributed by atoms with Crippen molar-refractivity contribution in [3.8, 4) is 0 Å². The van der Waals surface area contributed by atoms with Crippen LogP contribution in [0.4, 0.5) is 5.82 Å². The van der Waals surface area contributed by atoms with Gasteiger partial charge in [0.05, 0.1) is 5.75 Å². The summed E-state index contributed by atoms with van der Waals surface area (Å²) in [6.45, 7) is 5.42. The van der Waals surface area contributed by atoms with E-state index in [1.807, 2.05) is 6.92 Å². The molecule has 5 nitrogen and oxygen atoms in total. The Morgan fingerprint density at radius 2 is 2.40 bits per heavy atom. The Morgan fingerprint density at radius 3 is 3.00 bits per heavy atom. The number of hydrogen-bond acceptors (Lipinski definition) is 3. The molecule has 0 aliphatic heterocycles. The van der Waals surface area contributed by atoms with E-state index in [1.54, 1.807) is 6.07 Å². The molecule has 1 heterocycles. The monoisotopic (exact) mass is 229 g/mol. The molecular formula is C9H15N3O2S. The van der Waals surface area contributed by atoms with Gasteiger partial charge in [0.2, 0.25) is 10.0 Å². The molecule has 0 fully saturated rings. The number of aryl methyl sites for hydroxylation is 1. The van der Waals surface area contributed by atoms with Crippen LogP contribution >= 0.6 is 0 Å². The number of sulfonamides is 1. The minimum atomic E-state index is -3.34. The third-order valence-corrected chi connectivity index (χ3v) is 2.94. The first-order chi connectivity index (χ1) is 7.07. The first-order valence-corrected chi connectivity index (χ1v) is 6.38. The van der Waals surface area contributed by atoms with E-state index in [0.29, 0.717) is 5.82 Å². The van der Waals surface area contributed by atoms with Crippen molar-refractivity contribution in [2.24, 2.45) is 0 Å². The fourth-order valence-corrected chi connectivity index (χ4v) is 1.98. The average molecular weight is 229 g/mol. The Hall–Kier alpha value is -1.30. The summed E-state index contributed by atoms with van der Waals surface area (Å²) in [5, 5.41) is 6.62. The molecule has 1 rings (SSSR count). The molecule has 0 saturated heterocycles. The molecule has 1 aromatic rings. The zero-order valence-electron chi connectivity index (χ0n) is 8.66. The SMILES string of the molecule is C=CCS(=O)(=O)Nc1cc(CCC)[nH]n1. The third kappa shape index (κ3) is 3.75. The molecule has 0 bridgehead atoms. The van der Waals surface area contributed by atoms with Gasteiger partial charge in [-0.05, 0) is 6.42 Å². The molecular weight excluding hydrogens is 214 g/mol. The van der Waals surface area contributed by atoms with Crippen molar-refractivity contribution in [1.82, 2.24) is 10.2 Å². The molecule has 6 heteroatoms. The van der Waals surface area contributed by atoms with E-state index in [4.69, 9.17) is 0 Å². The second kappa shape index (κ2) is 4.97. The Bertz CT molecular complexity index is 422. The highest BCUT2D eigenvalue weighted by Crippen LogP contribution is 2.09. The van der Waals surface area contributed by atoms with Crippen LogP contribution in [0.2, 0.25) is 0 Å². The van der Waals surface area contributed by atoms with E-state index in [0.717, 1.165) is 18.5 Å². The van der Waals surface area contributed by atoms with Gasteiger partial charge in [-0.3, -0.25) is 9.82 Å². The van der Waals surface area contributed by atoms with Crippen molar-refractivity contribution in [3.63, 3.8) is 0 Å². The van der Waals surface area contributed by atoms with E-state index in [-0.39, 0.29) is 5.75 Å². The van der Waals surface area contributed by atoms with Gasteiger partial charge in [-0.25, -0.2) is 8.42 Å². The minimum absolute atomic E-state index is 0.108. The molecule has 0 radical (unpaired) electrons. The van der Waals surface area contributed by atoms with E-state index in [2.05, 4.69) is 21.5 Å². The Labute approximate surface area is 89.6 Å². The van der Waals surface area contributed by atoms with Crippen LogP contribution in [0.25, 0.3) is 0 Å². The number of aromatic nitrogens is 2. The summed E-state index contributed by atoms with van der Waals surface area (Å²) in [5.74, 6) is 0.225. The average Bonchev–Trinajstić information content (AvgIpc) is 2.52. The molecule has 0 spiro atoms. The van der Waals surface area contributed by atoms with Crippen LogP contribution < -0.4 is 4.72 Å². The van der Waals surface area contributed by atoms with Gasteiger partial charge in [-0.15, -0.1) is 6.58 Å². The zero-order chi connectivity index (χ0) is 11.3. The molecule has 0 saturated carbocycles. The van der Waals surface area contributed by atoms with Crippen LogP contribution in [-0.4, -0.2) is 24.4 Å². The molecule has 0 amide bonds. The Morgan fingerprint density at radius 1 is 1.67 bits per heavy atom. The summed E-state index contributed by atoms with van der Waals surface area (Å²) in [6.07, 6.45) is 3.18. The smallest absolute Gasteiger partial charge is 0.237 e. The highest BCUT2D eigenvalue weighted by Gasteiger charge is 2.09. The van der Waals surface area contributed by atoms with Gasteiger partial charge < -0.3 is 0 Å². The second-order valence-electron chi connectivity index (χ2n) is 3.20. The van der Waals surface area contributed by atoms with Crippen molar-refractivity contribution in [1.29, 1.82) is 0 Å². The van der Waals surface area contributed by atoms with Gasteiger partial charge in [0, 0.05) is 11.8 Å². The fraction of sp³-hybridized carbons (Fsp3) is 0.444. The van der Waals surface area contributed by atoms with Crippen LogP contribution in [0.15, 0.2) is 18.7 Å². The van der Waals surface area contributed by atoms with Gasteiger partial charge in [-0.2, -0.15) is 5.10 Å². The molecule has 1 aromatic heterocycles. The van der Waals surface area contributed by atoms with Gasteiger partial charge >= 0.3 is 0 Å². The number of H-pyrrole nitrogens is 1. The van der Waals surface area contributed by atoms with Crippen molar-refractivity contribution in [2.45, 2.75) is 19.8 Å².